The molecule has 0 saturated carbocycles. The first-order chi connectivity index (χ1) is 14.5. The summed E-state index contributed by atoms with van der Waals surface area (Å²) in [7, 11) is 0. The number of nitrogens with one attached hydrogen (secondary N) is 1. The number of nitrogens with two attached hydrogens (primary N) is 1. The summed E-state index contributed by atoms with van der Waals surface area (Å²) in [5.74, 6) is -0.696. The van der Waals surface area contributed by atoms with Crippen molar-refractivity contribution in [1.82, 2.24) is 10.2 Å². The smallest absolute Gasteiger partial charge is 0.255 e. The van der Waals surface area contributed by atoms with Crippen LogP contribution in [-0.2, 0) is 9.59 Å². The van der Waals surface area contributed by atoms with E-state index in [0.29, 0.717) is 18.7 Å². The quantitative estimate of drug-likeness (QED) is 0.676. The Balaban J connectivity index is 1.44. The van der Waals surface area contributed by atoms with E-state index < -0.39 is 5.91 Å². The normalized spacial score (nSPS) is 13.6. The van der Waals surface area contributed by atoms with Crippen LogP contribution in [-0.4, -0.2) is 62.0 Å². The molecule has 0 atom stereocenters. The van der Waals surface area contributed by atoms with Crippen molar-refractivity contribution in [2.45, 2.75) is 6.42 Å². The number of carbonyl (C=O) groups is 3. The van der Waals surface area contributed by atoms with Crippen molar-refractivity contribution in [2.24, 2.45) is 5.73 Å². The summed E-state index contributed by atoms with van der Waals surface area (Å²) in [6.07, 6.45) is 0.224. The Kier molecular flexibility index (Phi) is 7.26. The van der Waals surface area contributed by atoms with Crippen molar-refractivity contribution in [1.29, 1.82) is 0 Å². The second-order valence-electron chi connectivity index (χ2n) is 6.96. The Hall–Kier alpha value is -3.55. The summed E-state index contributed by atoms with van der Waals surface area (Å²) < 4.78 is 5.27. The van der Waals surface area contributed by atoms with Gasteiger partial charge in [-0.2, -0.15) is 0 Å². The third-order valence-electron chi connectivity index (χ3n) is 4.88. The highest BCUT2D eigenvalue weighted by atomic mass is 16.5. The first-order valence-electron chi connectivity index (χ1n) is 9.90. The van der Waals surface area contributed by atoms with E-state index in [-0.39, 0.29) is 37.1 Å². The molecule has 3 N–H and O–H groups in total. The van der Waals surface area contributed by atoms with Crippen molar-refractivity contribution in [2.75, 3.05) is 44.2 Å². The molecule has 0 unspecified atom stereocenters. The summed E-state index contributed by atoms with van der Waals surface area (Å²) in [6, 6.07) is 16.7. The number of ether oxygens (including phenoxy) is 1. The lowest BCUT2D eigenvalue weighted by molar-refractivity contribution is -0.131. The standard InChI is InChI=1S/C22H26N4O4/c23-20(27)16-30-19-9-5-4-8-18(19)22(29)24-11-10-21(28)26-14-12-25(13-15-26)17-6-2-1-3-7-17/h1-9H,10-16H2,(H2,23,27)(H,24,29). The Morgan fingerprint density at radius 1 is 0.933 bits per heavy atom. The molecule has 0 bridgehead atoms. The monoisotopic (exact) mass is 410 g/mol. The molecular weight excluding hydrogens is 384 g/mol. The summed E-state index contributed by atoms with van der Waals surface area (Å²) in [5.41, 5.74) is 6.54. The fourth-order valence-electron chi connectivity index (χ4n) is 3.32. The van der Waals surface area contributed by atoms with E-state index in [9.17, 15) is 14.4 Å². The molecule has 0 radical (unpaired) electrons. The van der Waals surface area contributed by atoms with Crippen molar-refractivity contribution in [3.8, 4) is 5.75 Å². The molecule has 0 spiro atoms. The summed E-state index contributed by atoms with van der Waals surface area (Å²) in [6.45, 7) is 2.80. The minimum atomic E-state index is -0.622. The Labute approximate surface area is 175 Å². The molecule has 3 amide bonds. The van der Waals surface area contributed by atoms with E-state index >= 15 is 0 Å². The molecule has 8 nitrogen and oxygen atoms in total. The first-order valence-corrected chi connectivity index (χ1v) is 9.90. The van der Waals surface area contributed by atoms with Crippen molar-refractivity contribution < 1.29 is 19.1 Å². The van der Waals surface area contributed by atoms with Gasteiger partial charge in [0.25, 0.3) is 11.8 Å². The van der Waals surface area contributed by atoms with Crippen LogP contribution in [0.3, 0.4) is 0 Å². The average Bonchev–Trinajstić information content (AvgIpc) is 2.78. The van der Waals surface area contributed by atoms with E-state index in [0.717, 1.165) is 18.8 Å². The predicted molar refractivity (Wildman–Crippen MR) is 113 cm³/mol. The molecule has 1 aliphatic heterocycles. The molecular formula is C22H26N4O4. The number of rotatable bonds is 8. The van der Waals surface area contributed by atoms with Crippen LogP contribution >= 0.6 is 0 Å². The van der Waals surface area contributed by atoms with E-state index in [1.54, 1.807) is 24.3 Å². The van der Waals surface area contributed by atoms with Crippen molar-refractivity contribution in [3.63, 3.8) is 0 Å². The van der Waals surface area contributed by atoms with Gasteiger partial charge in [-0.1, -0.05) is 30.3 Å². The predicted octanol–water partition coefficient (Wildman–Crippen LogP) is 1.02. The molecule has 1 aliphatic rings. The molecule has 30 heavy (non-hydrogen) atoms. The van der Waals surface area contributed by atoms with Gasteiger partial charge in [0.1, 0.15) is 5.75 Å². The van der Waals surface area contributed by atoms with Crippen LogP contribution in [0, 0.1) is 0 Å². The van der Waals surface area contributed by atoms with Crippen LogP contribution in [0.2, 0.25) is 0 Å². The topological polar surface area (TPSA) is 105 Å². The lowest BCUT2D eigenvalue weighted by Gasteiger charge is -2.36. The number of anilines is 1. The van der Waals surface area contributed by atoms with Gasteiger partial charge in [-0.05, 0) is 24.3 Å². The van der Waals surface area contributed by atoms with Gasteiger partial charge < -0.3 is 25.6 Å². The van der Waals surface area contributed by atoms with Gasteiger partial charge in [0.05, 0.1) is 5.56 Å². The van der Waals surface area contributed by atoms with Crippen LogP contribution in [0.4, 0.5) is 5.69 Å². The maximum Gasteiger partial charge on any atom is 0.255 e. The number of nitrogens with zero attached hydrogens (tertiary/aromatic N) is 2. The second kappa shape index (κ2) is 10.3. The van der Waals surface area contributed by atoms with Crippen LogP contribution < -0.4 is 20.7 Å². The van der Waals surface area contributed by atoms with Gasteiger partial charge in [0.2, 0.25) is 5.91 Å². The molecule has 2 aromatic carbocycles. The Morgan fingerprint density at radius 3 is 2.30 bits per heavy atom. The largest absolute Gasteiger partial charge is 0.483 e. The number of benzene rings is 2. The zero-order chi connectivity index (χ0) is 21.3. The highest BCUT2D eigenvalue weighted by Gasteiger charge is 2.21. The number of primary amides is 1. The molecule has 158 valence electrons. The van der Waals surface area contributed by atoms with Gasteiger partial charge in [-0.3, -0.25) is 14.4 Å². The average molecular weight is 410 g/mol. The lowest BCUT2D eigenvalue weighted by atomic mass is 10.2. The van der Waals surface area contributed by atoms with Crippen LogP contribution in [0.25, 0.3) is 0 Å². The number of hydrogen-bond acceptors (Lipinski definition) is 5. The molecule has 0 aromatic heterocycles. The van der Waals surface area contributed by atoms with E-state index in [1.807, 2.05) is 23.1 Å². The molecule has 1 fully saturated rings. The zero-order valence-corrected chi connectivity index (χ0v) is 16.8. The van der Waals surface area contributed by atoms with E-state index in [2.05, 4.69) is 22.3 Å². The highest BCUT2D eigenvalue weighted by molar-refractivity contribution is 5.97. The minimum Gasteiger partial charge on any atom is -0.483 e. The zero-order valence-electron chi connectivity index (χ0n) is 16.8. The van der Waals surface area contributed by atoms with Crippen LogP contribution in [0.5, 0.6) is 5.75 Å². The SMILES string of the molecule is NC(=O)COc1ccccc1C(=O)NCCC(=O)N1CCN(c2ccccc2)CC1. The van der Waals surface area contributed by atoms with Gasteiger partial charge in [-0.25, -0.2) is 0 Å². The highest BCUT2D eigenvalue weighted by Crippen LogP contribution is 2.18. The van der Waals surface area contributed by atoms with Gasteiger partial charge in [0, 0.05) is 44.8 Å². The second-order valence-corrected chi connectivity index (χ2v) is 6.96. The molecule has 8 heteroatoms. The third kappa shape index (κ3) is 5.73. The molecule has 3 rings (SSSR count). The van der Waals surface area contributed by atoms with E-state index in [4.69, 9.17) is 10.5 Å². The molecule has 0 aliphatic carbocycles. The number of piperazine rings is 1. The number of hydrogen-bond donors (Lipinski definition) is 2. The number of carbonyl (C=O) groups excluding carboxylic acids is 3. The fraction of sp³-hybridized carbons (Fsp3) is 0.318. The van der Waals surface area contributed by atoms with Gasteiger partial charge >= 0.3 is 0 Å². The summed E-state index contributed by atoms with van der Waals surface area (Å²) >= 11 is 0. The first kappa shape index (κ1) is 21.2. The van der Waals surface area contributed by atoms with Crippen molar-refractivity contribution >= 4 is 23.4 Å². The fourth-order valence-corrected chi connectivity index (χ4v) is 3.32. The van der Waals surface area contributed by atoms with Crippen LogP contribution in [0.15, 0.2) is 54.6 Å². The molecule has 2 aromatic rings. The van der Waals surface area contributed by atoms with Crippen molar-refractivity contribution in [3.05, 3.63) is 60.2 Å². The Bertz CT molecular complexity index is 880. The summed E-state index contributed by atoms with van der Waals surface area (Å²) in [5, 5.41) is 2.74. The van der Waals surface area contributed by atoms with Crippen LogP contribution in [0.1, 0.15) is 16.8 Å². The molecule has 1 saturated heterocycles. The van der Waals surface area contributed by atoms with Gasteiger partial charge in [0.15, 0.2) is 6.61 Å². The number of para-hydroxylation sites is 2. The third-order valence-corrected chi connectivity index (χ3v) is 4.88. The van der Waals surface area contributed by atoms with E-state index in [1.165, 1.54) is 0 Å². The summed E-state index contributed by atoms with van der Waals surface area (Å²) in [4.78, 5) is 39.9. The minimum absolute atomic E-state index is 0.0151. The maximum atomic E-state index is 12.5. The Morgan fingerprint density at radius 2 is 1.60 bits per heavy atom. The van der Waals surface area contributed by atoms with Gasteiger partial charge in [-0.15, -0.1) is 0 Å². The maximum absolute atomic E-state index is 12.5. The molecule has 1 heterocycles. The lowest BCUT2D eigenvalue weighted by Crippen LogP contribution is -2.49. The number of amides is 3.